The molecule has 16 heavy (non-hydrogen) atoms. The van der Waals surface area contributed by atoms with Crippen molar-refractivity contribution in [3.8, 4) is 0 Å². The lowest BCUT2D eigenvalue weighted by Gasteiger charge is -2.12. The second kappa shape index (κ2) is 5.86. The first kappa shape index (κ1) is 13.0. The van der Waals surface area contributed by atoms with Gasteiger partial charge in [0.05, 0.1) is 0 Å². The highest BCUT2D eigenvalue weighted by atomic mass is 79.9. The third kappa shape index (κ3) is 3.21. The van der Waals surface area contributed by atoms with Crippen LogP contribution in [0.4, 0.5) is 5.69 Å². The number of nitrogen functional groups attached to an aromatic ring is 1. The maximum Gasteiger partial charge on any atom is 0.337 e. The van der Waals surface area contributed by atoms with Gasteiger partial charge in [-0.2, -0.15) is 0 Å². The van der Waals surface area contributed by atoms with Gasteiger partial charge >= 0.3 is 5.97 Å². The number of nitrogens with two attached hydrogens (primary N) is 1. The molecule has 0 saturated heterocycles. The summed E-state index contributed by atoms with van der Waals surface area (Å²) in [5.41, 5.74) is 7.24. The van der Waals surface area contributed by atoms with Gasteiger partial charge in [-0.1, -0.05) is 22.0 Å². The summed E-state index contributed by atoms with van der Waals surface area (Å²) >= 11 is 3.31. The van der Waals surface area contributed by atoms with Gasteiger partial charge < -0.3 is 15.9 Å². The van der Waals surface area contributed by atoms with Crippen LogP contribution in [0.1, 0.15) is 23.7 Å². The minimum Gasteiger partial charge on any atom is -0.479 e. The fourth-order valence-electron chi connectivity index (χ4n) is 1.49. The van der Waals surface area contributed by atoms with E-state index < -0.39 is 12.1 Å². The molecule has 0 bridgehead atoms. The summed E-state index contributed by atoms with van der Waals surface area (Å²) in [6, 6.07) is 4.99. The number of halogens is 1. The Morgan fingerprint density at radius 1 is 1.50 bits per heavy atom. The standard InChI is InChI=1S/C11H14BrNO3/c12-5-1-2-7-3-4-8(13)6-9(7)10(14)11(15)16/h3-4,6,10,14H,1-2,5,13H2,(H,15,16). The molecule has 1 aromatic rings. The molecule has 0 fully saturated rings. The molecule has 5 heteroatoms. The zero-order valence-corrected chi connectivity index (χ0v) is 10.3. The molecule has 0 heterocycles. The number of hydrogen-bond donors (Lipinski definition) is 3. The Morgan fingerprint density at radius 2 is 2.19 bits per heavy atom. The van der Waals surface area contributed by atoms with Crippen molar-refractivity contribution in [3.05, 3.63) is 29.3 Å². The van der Waals surface area contributed by atoms with Crippen molar-refractivity contribution in [2.24, 2.45) is 0 Å². The first-order chi connectivity index (χ1) is 7.56. The average molecular weight is 288 g/mol. The monoisotopic (exact) mass is 287 g/mol. The van der Waals surface area contributed by atoms with E-state index in [1.165, 1.54) is 6.07 Å². The summed E-state index contributed by atoms with van der Waals surface area (Å²) in [5.74, 6) is -1.26. The van der Waals surface area contributed by atoms with Crippen molar-refractivity contribution in [1.29, 1.82) is 0 Å². The van der Waals surface area contributed by atoms with Crippen molar-refractivity contribution < 1.29 is 15.0 Å². The number of aliphatic hydroxyl groups is 1. The number of carboxylic acid groups (broad SMARTS) is 1. The van der Waals surface area contributed by atoms with Crippen molar-refractivity contribution in [3.63, 3.8) is 0 Å². The Bertz CT molecular complexity index is 381. The predicted octanol–water partition coefficient (Wildman–Crippen LogP) is 1.71. The zero-order chi connectivity index (χ0) is 12.1. The molecule has 88 valence electrons. The first-order valence-corrected chi connectivity index (χ1v) is 6.03. The number of aliphatic carboxylic acids is 1. The van der Waals surface area contributed by atoms with E-state index in [9.17, 15) is 9.90 Å². The molecule has 4 N–H and O–H groups in total. The molecule has 1 unspecified atom stereocenters. The quantitative estimate of drug-likeness (QED) is 0.569. The SMILES string of the molecule is Nc1ccc(CCCBr)c(C(O)C(=O)O)c1. The van der Waals surface area contributed by atoms with Gasteiger partial charge in [0.1, 0.15) is 0 Å². The van der Waals surface area contributed by atoms with Crippen molar-refractivity contribution >= 4 is 27.6 Å². The van der Waals surface area contributed by atoms with Crippen LogP contribution in [0.3, 0.4) is 0 Å². The summed E-state index contributed by atoms with van der Waals surface area (Å²) in [4.78, 5) is 10.7. The Kier molecular flexibility index (Phi) is 4.76. The van der Waals surface area contributed by atoms with Gasteiger partial charge in [0.15, 0.2) is 6.10 Å². The van der Waals surface area contributed by atoms with Crippen LogP contribution in [0, 0.1) is 0 Å². The average Bonchev–Trinajstić information content (AvgIpc) is 2.26. The van der Waals surface area contributed by atoms with Gasteiger partial charge in [-0.25, -0.2) is 4.79 Å². The topological polar surface area (TPSA) is 83.5 Å². The molecular formula is C11H14BrNO3. The van der Waals surface area contributed by atoms with Crippen molar-refractivity contribution in [1.82, 2.24) is 0 Å². The lowest BCUT2D eigenvalue weighted by Crippen LogP contribution is -2.13. The number of hydrogen-bond acceptors (Lipinski definition) is 3. The van der Waals surface area contributed by atoms with Crippen LogP contribution in [-0.2, 0) is 11.2 Å². The van der Waals surface area contributed by atoms with Gasteiger partial charge in [-0.3, -0.25) is 0 Å². The largest absolute Gasteiger partial charge is 0.479 e. The molecule has 1 aromatic carbocycles. The minimum absolute atomic E-state index is 0.383. The number of aryl methyl sites for hydroxylation is 1. The van der Waals surface area contributed by atoms with Crippen LogP contribution in [0.5, 0.6) is 0 Å². The van der Waals surface area contributed by atoms with Crippen LogP contribution >= 0.6 is 15.9 Å². The number of anilines is 1. The maximum absolute atomic E-state index is 10.7. The molecule has 0 aliphatic rings. The van der Waals surface area contributed by atoms with E-state index in [1.807, 2.05) is 0 Å². The third-order valence-electron chi connectivity index (χ3n) is 2.28. The molecule has 0 aromatic heterocycles. The highest BCUT2D eigenvalue weighted by Crippen LogP contribution is 2.22. The third-order valence-corrected chi connectivity index (χ3v) is 2.84. The zero-order valence-electron chi connectivity index (χ0n) is 8.69. The van der Waals surface area contributed by atoms with Crippen molar-refractivity contribution in [2.75, 3.05) is 11.1 Å². The summed E-state index contributed by atoms with van der Waals surface area (Å²) in [5, 5.41) is 19.1. The maximum atomic E-state index is 10.7. The molecule has 1 rings (SSSR count). The Balaban J connectivity index is 3.02. The van der Waals surface area contributed by atoms with Gasteiger partial charge in [0.25, 0.3) is 0 Å². The lowest BCUT2D eigenvalue weighted by molar-refractivity contribution is -0.147. The normalized spacial score (nSPS) is 12.4. The van der Waals surface area contributed by atoms with Crippen molar-refractivity contribution in [2.45, 2.75) is 18.9 Å². The van der Waals surface area contributed by atoms with Crippen LogP contribution in [0.2, 0.25) is 0 Å². The number of carboxylic acids is 1. The second-order valence-electron chi connectivity index (χ2n) is 3.49. The molecule has 0 amide bonds. The highest BCUT2D eigenvalue weighted by molar-refractivity contribution is 9.09. The number of rotatable bonds is 5. The summed E-state index contributed by atoms with van der Waals surface area (Å²) in [6.45, 7) is 0. The molecular weight excluding hydrogens is 274 g/mol. The first-order valence-electron chi connectivity index (χ1n) is 4.91. The van der Waals surface area contributed by atoms with E-state index in [0.717, 1.165) is 17.3 Å². The van der Waals surface area contributed by atoms with Gasteiger partial charge in [-0.05, 0) is 36.1 Å². The lowest BCUT2D eigenvalue weighted by atomic mass is 9.98. The molecule has 4 nitrogen and oxygen atoms in total. The number of carbonyl (C=O) groups is 1. The summed E-state index contributed by atoms with van der Waals surface area (Å²) in [7, 11) is 0. The highest BCUT2D eigenvalue weighted by Gasteiger charge is 2.19. The Morgan fingerprint density at radius 3 is 2.75 bits per heavy atom. The Hall–Kier alpha value is -1.07. The van der Waals surface area contributed by atoms with Gasteiger partial charge in [-0.15, -0.1) is 0 Å². The molecule has 0 radical (unpaired) electrons. The van der Waals surface area contributed by atoms with E-state index in [1.54, 1.807) is 12.1 Å². The van der Waals surface area contributed by atoms with Gasteiger partial charge in [0, 0.05) is 11.0 Å². The summed E-state index contributed by atoms with van der Waals surface area (Å²) < 4.78 is 0. The predicted molar refractivity (Wildman–Crippen MR) is 65.6 cm³/mol. The number of aliphatic hydroxyl groups excluding tert-OH is 1. The van der Waals surface area contributed by atoms with Crippen LogP contribution in [0.25, 0.3) is 0 Å². The fourth-order valence-corrected chi connectivity index (χ4v) is 1.77. The van der Waals surface area contributed by atoms with E-state index in [4.69, 9.17) is 10.8 Å². The molecule has 1 atom stereocenters. The summed E-state index contributed by atoms with van der Waals surface area (Å²) in [6.07, 6.45) is 0.0860. The van der Waals surface area contributed by atoms with Gasteiger partial charge in [0.2, 0.25) is 0 Å². The van der Waals surface area contributed by atoms with E-state index in [-0.39, 0.29) is 0 Å². The molecule has 0 saturated carbocycles. The molecule has 0 aliphatic heterocycles. The number of benzene rings is 1. The van der Waals surface area contributed by atoms with Crippen LogP contribution < -0.4 is 5.73 Å². The van der Waals surface area contributed by atoms with E-state index in [0.29, 0.717) is 17.7 Å². The smallest absolute Gasteiger partial charge is 0.337 e. The molecule has 0 spiro atoms. The Labute approximate surface area is 102 Å². The van der Waals surface area contributed by atoms with E-state index in [2.05, 4.69) is 15.9 Å². The second-order valence-corrected chi connectivity index (χ2v) is 4.28. The van der Waals surface area contributed by atoms with E-state index >= 15 is 0 Å². The van der Waals surface area contributed by atoms with Crippen LogP contribution in [-0.4, -0.2) is 21.5 Å². The fraction of sp³-hybridized carbons (Fsp3) is 0.364. The minimum atomic E-state index is -1.51. The van der Waals surface area contributed by atoms with Crippen LogP contribution in [0.15, 0.2) is 18.2 Å². The number of alkyl halides is 1. The molecule has 0 aliphatic carbocycles.